The Hall–Kier alpha value is -1.65. The summed E-state index contributed by atoms with van der Waals surface area (Å²) in [5, 5.41) is 4.33. The van der Waals surface area contributed by atoms with Gasteiger partial charge in [0.2, 0.25) is 5.56 Å². The van der Waals surface area contributed by atoms with Gasteiger partial charge in [-0.25, -0.2) is 0 Å². The monoisotopic (exact) mass is 632 g/mol. The average molecular weight is 632 g/mol. The average Bonchev–Trinajstić information content (AvgIpc) is 2.88. The number of ether oxygens (including phenoxy) is 2. The lowest BCUT2D eigenvalue weighted by Crippen LogP contribution is -2.24. The highest BCUT2D eigenvalue weighted by molar-refractivity contribution is 14.2. The molecule has 3 aromatic rings. The molecule has 0 radical (unpaired) electrons. The number of aromatic nitrogens is 1. The molecular weight excluding hydrogens is 600 g/mol. The van der Waals surface area contributed by atoms with Crippen LogP contribution >= 0.6 is 28.5 Å². The number of methoxy groups -OCH3 is 1. The first-order valence-corrected chi connectivity index (χ1v) is 15.9. The number of halogens is 3. The zero-order chi connectivity index (χ0) is 25.8. The maximum absolute atomic E-state index is 14.1. The Bertz CT molecular complexity index is 1130. The molecule has 196 valence electrons. The number of benzene rings is 2. The molecule has 2 aromatic carbocycles. The SMILES string of the molecule is COC(CNCCCCCCOCC(F)(F)c1ccccc1)c1ccc(OPI)c2[nH]c(=O)ccc12. The fraction of sp³-hybridized carbons (Fsp3) is 0.423. The van der Waals surface area contributed by atoms with Crippen molar-refractivity contribution in [2.75, 3.05) is 33.4 Å². The maximum Gasteiger partial charge on any atom is 0.296 e. The third-order valence-corrected chi connectivity index (χ3v) is 6.83. The molecule has 0 aliphatic rings. The first-order valence-electron chi connectivity index (χ1n) is 11.9. The number of hydrogen-bond acceptors (Lipinski definition) is 5. The summed E-state index contributed by atoms with van der Waals surface area (Å²) in [7, 11) is 1.67. The van der Waals surface area contributed by atoms with Gasteiger partial charge in [-0.05, 0) is 59.1 Å². The minimum Gasteiger partial charge on any atom is -0.464 e. The van der Waals surface area contributed by atoms with Crippen molar-refractivity contribution in [2.45, 2.75) is 37.7 Å². The molecule has 0 saturated carbocycles. The zero-order valence-corrected chi connectivity index (χ0v) is 23.4. The van der Waals surface area contributed by atoms with Gasteiger partial charge < -0.3 is 24.3 Å². The first-order chi connectivity index (χ1) is 17.5. The zero-order valence-electron chi connectivity index (χ0n) is 20.2. The topological polar surface area (TPSA) is 72.6 Å². The van der Waals surface area contributed by atoms with Gasteiger partial charge in [-0.2, -0.15) is 8.78 Å². The quantitative estimate of drug-likeness (QED) is 0.107. The van der Waals surface area contributed by atoms with Gasteiger partial charge in [-0.3, -0.25) is 4.79 Å². The fourth-order valence-corrected chi connectivity index (χ4v) is 4.95. The van der Waals surface area contributed by atoms with E-state index in [2.05, 4.69) is 32.3 Å². The number of hydrogen-bond donors (Lipinski definition) is 2. The van der Waals surface area contributed by atoms with Gasteiger partial charge in [0.1, 0.15) is 18.8 Å². The Labute approximate surface area is 224 Å². The Morgan fingerprint density at radius 1 is 1.06 bits per heavy atom. The highest BCUT2D eigenvalue weighted by atomic mass is 127. The van der Waals surface area contributed by atoms with Crippen molar-refractivity contribution >= 4 is 39.4 Å². The number of alkyl halides is 2. The molecule has 0 fully saturated rings. The Morgan fingerprint density at radius 2 is 1.83 bits per heavy atom. The smallest absolute Gasteiger partial charge is 0.296 e. The van der Waals surface area contributed by atoms with Crippen molar-refractivity contribution < 1.29 is 22.8 Å². The standard InChI is InChI=1S/C26H32F2IN2O4P/c1-33-23(20-11-13-22(35-36-29)25-21(20)12-14-24(32)31-25)17-30-15-7-2-3-8-16-34-18-26(27,28)19-9-5-4-6-10-19/h4-6,9-14,23,30,36H,2-3,7-8,15-18H2,1H3,(H,31,32). The third-order valence-electron chi connectivity index (χ3n) is 5.87. The first kappa shape index (κ1) is 28.9. The summed E-state index contributed by atoms with van der Waals surface area (Å²) in [6, 6.07) is 14.9. The second-order valence-electron chi connectivity index (χ2n) is 8.41. The van der Waals surface area contributed by atoms with Crippen molar-refractivity contribution in [3.8, 4) is 5.75 Å². The molecule has 0 amide bonds. The summed E-state index contributed by atoms with van der Waals surface area (Å²) in [6.45, 7) is 1.42. The summed E-state index contributed by atoms with van der Waals surface area (Å²) in [6.07, 6.45) is 3.43. The molecule has 2 N–H and O–H groups in total. The number of fused-ring (bicyclic) bond motifs is 1. The Balaban J connectivity index is 1.36. The molecule has 10 heteroatoms. The maximum atomic E-state index is 14.1. The van der Waals surface area contributed by atoms with Crippen LogP contribution in [0.4, 0.5) is 8.78 Å². The molecule has 0 bridgehead atoms. The number of aromatic amines is 1. The predicted molar refractivity (Wildman–Crippen MR) is 150 cm³/mol. The van der Waals surface area contributed by atoms with Crippen molar-refractivity contribution in [3.63, 3.8) is 0 Å². The normalized spacial score (nSPS) is 13.0. The molecule has 0 aliphatic heterocycles. The third kappa shape index (κ3) is 8.45. The Kier molecular flexibility index (Phi) is 12.0. The summed E-state index contributed by atoms with van der Waals surface area (Å²) in [5.41, 5.74) is 1.46. The molecular formula is C26H32F2IN2O4P. The molecule has 0 aliphatic carbocycles. The van der Waals surface area contributed by atoms with Crippen molar-refractivity contribution in [1.29, 1.82) is 0 Å². The van der Waals surface area contributed by atoms with Crippen molar-refractivity contribution in [1.82, 2.24) is 10.3 Å². The molecule has 2 unspecified atom stereocenters. The van der Waals surface area contributed by atoms with E-state index in [0.29, 0.717) is 24.4 Å². The molecule has 1 heterocycles. The summed E-state index contributed by atoms with van der Waals surface area (Å²) >= 11 is 2.15. The lowest BCUT2D eigenvalue weighted by Gasteiger charge is -2.19. The largest absolute Gasteiger partial charge is 0.464 e. The van der Waals surface area contributed by atoms with Crippen LogP contribution in [-0.2, 0) is 15.4 Å². The van der Waals surface area contributed by atoms with E-state index in [0.717, 1.165) is 43.2 Å². The van der Waals surface area contributed by atoms with Gasteiger partial charge in [-0.1, -0.05) is 49.2 Å². The van der Waals surface area contributed by atoms with Gasteiger partial charge in [0.05, 0.1) is 11.6 Å². The van der Waals surface area contributed by atoms with Crippen LogP contribution in [0.25, 0.3) is 10.9 Å². The van der Waals surface area contributed by atoms with Crippen LogP contribution in [0, 0.1) is 0 Å². The second-order valence-corrected chi connectivity index (χ2v) is 10.1. The Morgan fingerprint density at radius 3 is 2.58 bits per heavy atom. The van der Waals surface area contributed by atoms with E-state index in [1.165, 1.54) is 18.2 Å². The van der Waals surface area contributed by atoms with E-state index in [9.17, 15) is 13.6 Å². The van der Waals surface area contributed by atoms with Crippen LogP contribution in [0.3, 0.4) is 0 Å². The molecule has 3 rings (SSSR count). The molecule has 36 heavy (non-hydrogen) atoms. The molecule has 0 spiro atoms. The highest BCUT2D eigenvalue weighted by Crippen LogP contribution is 2.35. The second kappa shape index (κ2) is 14.9. The minimum absolute atomic E-state index is 0.0167. The van der Waals surface area contributed by atoms with Gasteiger partial charge in [0, 0.05) is 37.3 Å². The molecule has 0 saturated heterocycles. The van der Waals surface area contributed by atoms with Crippen LogP contribution in [-0.4, -0.2) is 38.4 Å². The van der Waals surface area contributed by atoms with E-state index in [-0.39, 0.29) is 23.7 Å². The number of nitrogens with one attached hydrogen (secondary N) is 2. The van der Waals surface area contributed by atoms with E-state index < -0.39 is 12.5 Å². The van der Waals surface area contributed by atoms with Crippen LogP contribution in [0.5, 0.6) is 5.75 Å². The van der Waals surface area contributed by atoms with E-state index in [1.54, 1.807) is 31.4 Å². The van der Waals surface area contributed by atoms with E-state index in [1.807, 2.05) is 12.1 Å². The van der Waals surface area contributed by atoms with Gasteiger partial charge in [0.15, 0.2) is 0 Å². The van der Waals surface area contributed by atoms with E-state index >= 15 is 0 Å². The predicted octanol–water partition coefficient (Wildman–Crippen LogP) is 6.50. The lowest BCUT2D eigenvalue weighted by atomic mass is 10.0. The van der Waals surface area contributed by atoms with Gasteiger partial charge in [-0.15, -0.1) is 0 Å². The van der Waals surface area contributed by atoms with Gasteiger partial charge in [0.25, 0.3) is 5.92 Å². The van der Waals surface area contributed by atoms with Gasteiger partial charge >= 0.3 is 0 Å². The van der Waals surface area contributed by atoms with Crippen LogP contribution in [0.1, 0.15) is 42.9 Å². The molecule has 1 aromatic heterocycles. The fourth-order valence-electron chi connectivity index (χ4n) is 3.98. The minimum atomic E-state index is -2.97. The highest BCUT2D eigenvalue weighted by Gasteiger charge is 2.31. The molecule has 6 nitrogen and oxygen atoms in total. The van der Waals surface area contributed by atoms with Crippen LogP contribution < -0.4 is 15.4 Å². The summed E-state index contributed by atoms with van der Waals surface area (Å²) < 4.78 is 44.8. The van der Waals surface area contributed by atoms with E-state index in [4.69, 9.17) is 14.0 Å². The molecule has 2 atom stereocenters. The lowest BCUT2D eigenvalue weighted by molar-refractivity contribution is -0.0831. The number of pyridine rings is 1. The van der Waals surface area contributed by atoms with Crippen LogP contribution in [0.15, 0.2) is 59.4 Å². The van der Waals surface area contributed by atoms with Crippen LogP contribution in [0.2, 0.25) is 0 Å². The van der Waals surface area contributed by atoms with Crippen molar-refractivity contribution in [3.05, 3.63) is 76.1 Å². The number of H-pyrrole nitrogens is 1. The number of rotatable bonds is 16. The summed E-state index contributed by atoms with van der Waals surface area (Å²) in [4.78, 5) is 14.7. The van der Waals surface area contributed by atoms with Crippen molar-refractivity contribution in [2.24, 2.45) is 0 Å². The summed E-state index contributed by atoms with van der Waals surface area (Å²) in [5.74, 6) is -2.32. The number of unbranched alkanes of at least 4 members (excludes halogenated alkanes) is 3.